The van der Waals surface area contributed by atoms with Gasteiger partial charge in [-0.15, -0.1) is 0 Å². The van der Waals surface area contributed by atoms with Crippen molar-refractivity contribution in [3.63, 3.8) is 0 Å². The van der Waals surface area contributed by atoms with Crippen LogP contribution in [0, 0.1) is 0 Å². The quantitative estimate of drug-likeness (QED) is 0.498. The van der Waals surface area contributed by atoms with Crippen molar-refractivity contribution in [2.24, 2.45) is 0 Å². The summed E-state index contributed by atoms with van der Waals surface area (Å²) in [4.78, 5) is 50.0. The molecule has 1 aromatic heterocycles. The predicted octanol–water partition coefficient (Wildman–Crippen LogP) is 3.71. The Hall–Kier alpha value is -3.82. The van der Waals surface area contributed by atoms with Crippen LogP contribution in [-0.2, 0) is 32.5 Å². The number of imide groups is 1. The van der Waals surface area contributed by atoms with Crippen LogP contribution < -0.4 is 0 Å². The van der Waals surface area contributed by atoms with E-state index in [0.717, 1.165) is 22.6 Å². The Morgan fingerprint density at radius 3 is 2.46 bits per heavy atom. The Kier molecular flexibility index (Phi) is 6.31. The summed E-state index contributed by atoms with van der Waals surface area (Å²) < 4.78 is 40.2. The molecule has 0 bridgehead atoms. The van der Waals surface area contributed by atoms with E-state index < -0.39 is 41.3 Å². The lowest BCUT2D eigenvalue weighted by atomic mass is 9.75. The number of hydrogen-bond acceptors (Lipinski definition) is 5. The van der Waals surface area contributed by atoms with E-state index in [9.17, 15) is 27.6 Å². The largest absolute Gasteiger partial charge is 0.416 e. The molecule has 3 amide bonds. The highest BCUT2D eigenvalue weighted by Crippen LogP contribution is 2.42. The first-order chi connectivity index (χ1) is 16.5. The normalized spacial score (nSPS) is 18.4. The van der Waals surface area contributed by atoms with Gasteiger partial charge in [-0.1, -0.05) is 24.3 Å². The van der Waals surface area contributed by atoms with Crippen molar-refractivity contribution < 1.29 is 27.6 Å². The van der Waals surface area contributed by atoms with Gasteiger partial charge in [-0.2, -0.15) is 13.2 Å². The molecule has 0 aliphatic carbocycles. The third-order valence-corrected chi connectivity index (χ3v) is 6.30. The Morgan fingerprint density at radius 2 is 1.80 bits per heavy atom. The van der Waals surface area contributed by atoms with E-state index in [2.05, 4.69) is 9.97 Å². The minimum atomic E-state index is -4.63. The lowest BCUT2D eigenvalue weighted by Crippen LogP contribution is -2.42. The van der Waals surface area contributed by atoms with Crippen molar-refractivity contribution in [2.45, 2.75) is 37.9 Å². The minimum absolute atomic E-state index is 0.00403. The highest BCUT2D eigenvalue weighted by molar-refractivity contribution is 6.10. The number of halogens is 3. The van der Waals surface area contributed by atoms with Gasteiger partial charge in [0.2, 0.25) is 17.7 Å². The van der Waals surface area contributed by atoms with Crippen LogP contribution in [-0.4, -0.2) is 51.1 Å². The van der Waals surface area contributed by atoms with Gasteiger partial charge >= 0.3 is 6.18 Å². The zero-order chi connectivity index (χ0) is 25.4. The van der Waals surface area contributed by atoms with Crippen LogP contribution >= 0.6 is 0 Å². The van der Waals surface area contributed by atoms with Crippen LogP contribution in [0.5, 0.6) is 0 Å². The molecule has 35 heavy (non-hydrogen) atoms. The molecule has 1 unspecified atom stereocenters. The van der Waals surface area contributed by atoms with E-state index in [4.69, 9.17) is 0 Å². The fourth-order valence-electron chi connectivity index (χ4n) is 4.44. The summed E-state index contributed by atoms with van der Waals surface area (Å²) in [5.41, 5.74) is -0.517. The number of benzene rings is 2. The SMILES string of the molecule is CCN1C(=O)CC(CC(=O)N(C)Cc2ccc3nccnc3c2)(c2cccc(C(F)(F)F)c2)C1=O. The Bertz CT molecular complexity index is 1310. The second kappa shape index (κ2) is 9.09. The van der Waals surface area contributed by atoms with Crippen molar-refractivity contribution in [1.82, 2.24) is 19.8 Å². The van der Waals surface area contributed by atoms with Crippen molar-refractivity contribution in [1.29, 1.82) is 0 Å². The molecule has 10 heteroatoms. The van der Waals surface area contributed by atoms with E-state index in [1.807, 2.05) is 0 Å². The summed E-state index contributed by atoms with van der Waals surface area (Å²) in [6.07, 6.45) is -2.30. The number of likely N-dealkylation sites (tertiary alicyclic amines) is 1. The lowest BCUT2D eigenvalue weighted by molar-refractivity contribution is -0.142. The predicted molar refractivity (Wildman–Crippen MR) is 121 cm³/mol. The van der Waals surface area contributed by atoms with Crippen LogP contribution in [0.15, 0.2) is 54.9 Å². The maximum absolute atomic E-state index is 13.4. The molecule has 182 valence electrons. The first-order valence-electron chi connectivity index (χ1n) is 11.0. The number of amides is 3. The maximum atomic E-state index is 13.4. The van der Waals surface area contributed by atoms with Crippen molar-refractivity contribution in [2.75, 3.05) is 13.6 Å². The fraction of sp³-hybridized carbons (Fsp3) is 0.320. The summed E-state index contributed by atoms with van der Waals surface area (Å²) in [6.45, 7) is 1.86. The molecule has 0 radical (unpaired) electrons. The first kappa shape index (κ1) is 24.3. The summed E-state index contributed by atoms with van der Waals surface area (Å²) in [5.74, 6) is -1.65. The van der Waals surface area contributed by atoms with Gasteiger partial charge in [0.1, 0.15) is 0 Å². The van der Waals surface area contributed by atoms with E-state index >= 15 is 0 Å². The van der Waals surface area contributed by atoms with Gasteiger partial charge in [-0.3, -0.25) is 29.3 Å². The number of likely N-dealkylation sites (N-methyl/N-ethyl adjacent to an activating group) is 1. The summed E-state index contributed by atoms with van der Waals surface area (Å²) in [5, 5.41) is 0. The van der Waals surface area contributed by atoms with Gasteiger partial charge in [0, 0.05) is 45.4 Å². The first-order valence-corrected chi connectivity index (χ1v) is 11.0. The number of hydrogen-bond donors (Lipinski definition) is 0. The lowest BCUT2D eigenvalue weighted by Gasteiger charge is -2.29. The zero-order valence-corrected chi connectivity index (χ0v) is 19.2. The number of fused-ring (bicyclic) bond motifs is 1. The molecule has 2 heterocycles. The number of carbonyl (C=O) groups excluding carboxylic acids is 3. The van der Waals surface area contributed by atoms with Crippen LogP contribution in [0.25, 0.3) is 11.0 Å². The summed E-state index contributed by atoms with van der Waals surface area (Å²) in [6, 6.07) is 9.68. The average molecular weight is 484 g/mol. The smallest absolute Gasteiger partial charge is 0.341 e. The third-order valence-electron chi connectivity index (χ3n) is 6.30. The van der Waals surface area contributed by atoms with Crippen molar-refractivity contribution in [3.05, 3.63) is 71.5 Å². The van der Waals surface area contributed by atoms with Gasteiger partial charge in [0.25, 0.3) is 0 Å². The highest BCUT2D eigenvalue weighted by Gasteiger charge is 2.54. The Labute approximate surface area is 199 Å². The average Bonchev–Trinajstić information content (AvgIpc) is 3.07. The molecule has 1 saturated heterocycles. The highest BCUT2D eigenvalue weighted by atomic mass is 19.4. The Morgan fingerprint density at radius 1 is 1.09 bits per heavy atom. The maximum Gasteiger partial charge on any atom is 0.416 e. The second-order valence-electron chi connectivity index (χ2n) is 8.59. The molecule has 0 spiro atoms. The number of nitrogens with zero attached hydrogens (tertiary/aromatic N) is 4. The molecule has 7 nitrogen and oxygen atoms in total. The van der Waals surface area contributed by atoms with Crippen molar-refractivity contribution >= 4 is 28.8 Å². The molecule has 0 saturated carbocycles. The van der Waals surface area contributed by atoms with Crippen LogP contribution in [0.4, 0.5) is 13.2 Å². The second-order valence-corrected chi connectivity index (χ2v) is 8.59. The summed E-state index contributed by atoms with van der Waals surface area (Å²) >= 11 is 0. The number of carbonyl (C=O) groups is 3. The van der Waals surface area contributed by atoms with E-state index in [1.165, 1.54) is 17.0 Å². The molecule has 1 atom stereocenters. The fourth-order valence-corrected chi connectivity index (χ4v) is 4.44. The van der Waals surface area contributed by atoms with Crippen LogP contribution in [0.2, 0.25) is 0 Å². The molecule has 1 aliphatic heterocycles. The van der Waals surface area contributed by atoms with E-state index in [1.54, 1.807) is 44.6 Å². The standard InChI is InChI=1S/C25H23F3N4O3/c1-3-32-22(34)14-24(23(32)35,17-5-4-6-18(12-17)25(26,27)28)13-21(33)31(2)15-16-7-8-19-20(11-16)30-10-9-29-19/h4-12H,3,13-15H2,1-2H3. The minimum Gasteiger partial charge on any atom is -0.341 e. The molecule has 1 aliphatic rings. The van der Waals surface area contributed by atoms with Gasteiger partial charge < -0.3 is 4.90 Å². The monoisotopic (exact) mass is 484 g/mol. The molecule has 4 rings (SSSR count). The Balaban J connectivity index is 1.65. The molecule has 0 N–H and O–H groups in total. The van der Waals surface area contributed by atoms with Gasteiger partial charge in [0.05, 0.1) is 22.0 Å². The molecule has 3 aromatic rings. The van der Waals surface area contributed by atoms with Crippen LogP contribution in [0.3, 0.4) is 0 Å². The van der Waals surface area contributed by atoms with Crippen LogP contribution in [0.1, 0.15) is 36.5 Å². The molecular weight excluding hydrogens is 461 g/mol. The number of rotatable bonds is 6. The number of aromatic nitrogens is 2. The molecule has 1 fully saturated rings. The third kappa shape index (κ3) is 4.60. The van der Waals surface area contributed by atoms with Crippen molar-refractivity contribution in [3.8, 4) is 0 Å². The molecule has 2 aromatic carbocycles. The zero-order valence-electron chi connectivity index (χ0n) is 19.2. The van der Waals surface area contributed by atoms with Gasteiger partial charge in [0.15, 0.2) is 0 Å². The number of alkyl halides is 3. The van der Waals surface area contributed by atoms with E-state index in [0.29, 0.717) is 11.0 Å². The molecular formula is C25H23F3N4O3. The van der Waals surface area contributed by atoms with E-state index in [-0.39, 0.29) is 25.1 Å². The van der Waals surface area contributed by atoms with Gasteiger partial charge in [-0.05, 0) is 36.2 Å². The summed E-state index contributed by atoms with van der Waals surface area (Å²) in [7, 11) is 1.54. The topological polar surface area (TPSA) is 83.5 Å². The van der Waals surface area contributed by atoms with Gasteiger partial charge in [-0.25, -0.2) is 0 Å².